The fraction of sp³-hybridized carbons (Fsp3) is 0.529. The number of nitrogens with two attached hydrogens (primary N) is 1. The van der Waals surface area contributed by atoms with Gasteiger partial charge in [-0.25, -0.2) is 15.0 Å². The molecule has 2 fully saturated rings. The molecule has 0 amide bonds. The van der Waals surface area contributed by atoms with Gasteiger partial charge in [0.2, 0.25) is 5.95 Å². The molecule has 0 radical (unpaired) electrons. The molecule has 0 unspecified atom stereocenters. The van der Waals surface area contributed by atoms with E-state index in [1.54, 1.807) is 12.3 Å². The van der Waals surface area contributed by atoms with E-state index in [1.165, 1.54) is 0 Å². The standard InChI is InChI=1S/C17H21N7O/c18-8-14-5-10-9-20-17(23-13-6-11(19)7-13)24-15(10)16(22-14)21-12-1-3-25-4-2-12/h5,9,11-13H,1-4,6-7,19H2,(H,21,22)(H,20,23,24). The maximum Gasteiger partial charge on any atom is 0.223 e. The van der Waals surface area contributed by atoms with Crippen LogP contribution in [0.25, 0.3) is 10.9 Å². The number of nitrogens with one attached hydrogen (secondary N) is 2. The number of anilines is 2. The van der Waals surface area contributed by atoms with Crippen molar-refractivity contribution in [3.05, 3.63) is 18.0 Å². The van der Waals surface area contributed by atoms with Gasteiger partial charge in [-0.2, -0.15) is 5.26 Å². The Kier molecular flexibility index (Phi) is 4.34. The van der Waals surface area contributed by atoms with Crippen LogP contribution in [-0.4, -0.2) is 46.3 Å². The summed E-state index contributed by atoms with van der Waals surface area (Å²) in [5.74, 6) is 1.21. The molecule has 2 aromatic rings. The van der Waals surface area contributed by atoms with Crippen LogP contribution >= 0.6 is 0 Å². The summed E-state index contributed by atoms with van der Waals surface area (Å²) in [7, 11) is 0. The Hall–Kier alpha value is -2.50. The Bertz CT molecular complexity index is 806. The van der Waals surface area contributed by atoms with Crippen molar-refractivity contribution in [2.75, 3.05) is 23.8 Å². The molecule has 0 spiro atoms. The molecule has 0 atom stereocenters. The zero-order valence-electron chi connectivity index (χ0n) is 13.9. The maximum absolute atomic E-state index is 9.24. The third-order valence-electron chi connectivity index (χ3n) is 4.75. The minimum Gasteiger partial charge on any atom is -0.381 e. The summed E-state index contributed by atoms with van der Waals surface area (Å²) in [6.45, 7) is 1.47. The molecule has 130 valence electrons. The second kappa shape index (κ2) is 6.78. The number of hydrogen-bond acceptors (Lipinski definition) is 8. The van der Waals surface area contributed by atoms with E-state index in [-0.39, 0.29) is 12.1 Å². The molecule has 4 N–H and O–H groups in total. The first-order chi connectivity index (χ1) is 12.2. The van der Waals surface area contributed by atoms with Crippen LogP contribution in [0.3, 0.4) is 0 Å². The number of pyridine rings is 1. The fourth-order valence-electron chi connectivity index (χ4n) is 3.26. The zero-order chi connectivity index (χ0) is 17.2. The van der Waals surface area contributed by atoms with Crippen LogP contribution in [0, 0.1) is 11.3 Å². The second-order valence-corrected chi connectivity index (χ2v) is 6.70. The van der Waals surface area contributed by atoms with E-state index in [2.05, 4.69) is 31.7 Å². The van der Waals surface area contributed by atoms with Gasteiger partial charge in [0.05, 0.1) is 0 Å². The highest BCUT2D eigenvalue weighted by molar-refractivity contribution is 5.89. The van der Waals surface area contributed by atoms with Gasteiger partial charge in [0, 0.05) is 42.9 Å². The lowest BCUT2D eigenvalue weighted by Gasteiger charge is -2.32. The highest BCUT2D eigenvalue weighted by atomic mass is 16.5. The van der Waals surface area contributed by atoms with E-state index >= 15 is 0 Å². The molecule has 1 aliphatic heterocycles. The van der Waals surface area contributed by atoms with Crippen molar-refractivity contribution in [3.63, 3.8) is 0 Å². The Balaban J connectivity index is 1.64. The Morgan fingerprint density at radius 2 is 1.96 bits per heavy atom. The van der Waals surface area contributed by atoms with Crippen molar-refractivity contribution >= 4 is 22.7 Å². The first-order valence-corrected chi connectivity index (χ1v) is 8.65. The minimum absolute atomic E-state index is 0.267. The predicted octanol–water partition coefficient (Wildman–Crippen LogP) is 1.39. The van der Waals surface area contributed by atoms with Crippen molar-refractivity contribution < 1.29 is 4.74 Å². The molecule has 8 nitrogen and oxygen atoms in total. The SMILES string of the molecule is N#Cc1cc2cnc(NC3CC(N)C3)nc2c(NC2CCOCC2)n1. The molecule has 2 aromatic heterocycles. The van der Waals surface area contributed by atoms with Crippen molar-refractivity contribution in [2.24, 2.45) is 5.73 Å². The molecule has 0 bridgehead atoms. The molecular formula is C17H21N7O. The van der Waals surface area contributed by atoms with Gasteiger partial charge in [-0.15, -0.1) is 0 Å². The van der Waals surface area contributed by atoms with Gasteiger partial charge < -0.3 is 21.1 Å². The Labute approximate surface area is 145 Å². The van der Waals surface area contributed by atoms with Crippen LogP contribution in [0.4, 0.5) is 11.8 Å². The summed E-state index contributed by atoms with van der Waals surface area (Å²) in [6.07, 6.45) is 5.42. The van der Waals surface area contributed by atoms with E-state index in [0.29, 0.717) is 23.5 Å². The Morgan fingerprint density at radius 1 is 1.16 bits per heavy atom. The summed E-state index contributed by atoms with van der Waals surface area (Å²) >= 11 is 0. The molecule has 1 saturated carbocycles. The van der Waals surface area contributed by atoms with Crippen molar-refractivity contribution in [3.8, 4) is 6.07 Å². The van der Waals surface area contributed by atoms with Gasteiger partial charge >= 0.3 is 0 Å². The largest absolute Gasteiger partial charge is 0.381 e. The van der Waals surface area contributed by atoms with E-state index in [0.717, 1.165) is 49.8 Å². The zero-order valence-corrected chi connectivity index (χ0v) is 13.9. The van der Waals surface area contributed by atoms with Gasteiger partial charge in [-0.3, -0.25) is 0 Å². The lowest BCUT2D eigenvalue weighted by atomic mass is 9.88. The molecule has 1 aliphatic carbocycles. The van der Waals surface area contributed by atoms with Crippen molar-refractivity contribution in [2.45, 2.75) is 43.8 Å². The van der Waals surface area contributed by atoms with E-state index in [4.69, 9.17) is 10.5 Å². The minimum atomic E-state index is 0.267. The Morgan fingerprint density at radius 3 is 2.68 bits per heavy atom. The number of nitriles is 1. The summed E-state index contributed by atoms with van der Waals surface area (Å²) in [5.41, 5.74) is 6.92. The topological polar surface area (TPSA) is 122 Å². The normalized spacial score (nSPS) is 23.7. The molecular weight excluding hydrogens is 318 g/mol. The van der Waals surface area contributed by atoms with Crippen LogP contribution < -0.4 is 16.4 Å². The fourth-order valence-corrected chi connectivity index (χ4v) is 3.26. The van der Waals surface area contributed by atoms with Crippen LogP contribution in [0.15, 0.2) is 12.3 Å². The van der Waals surface area contributed by atoms with E-state index in [9.17, 15) is 5.26 Å². The third kappa shape index (κ3) is 3.48. The first-order valence-electron chi connectivity index (χ1n) is 8.65. The third-order valence-corrected chi connectivity index (χ3v) is 4.75. The van der Waals surface area contributed by atoms with Gasteiger partial charge in [0.25, 0.3) is 0 Å². The first kappa shape index (κ1) is 16.0. The molecule has 3 heterocycles. The molecule has 0 aromatic carbocycles. The average Bonchev–Trinajstić information content (AvgIpc) is 2.61. The molecule has 1 saturated heterocycles. The van der Waals surface area contributed by atoms with Gasteiger partial charge in [-0.1, -0.05) is 0 Å². The molecule has 25 heavy (non-hydrogen) atoms. The van der Waals surface area contributed by atoms with Gasteiger partial charge in [0.15, 0.2) is 5.82 Å². The van der Waals surface area contributed by atoms with Gasteiger partial charge in [-0.05, 0) is 31.7 Å². The van der Waals surface area contributed by atoms with Crippen LogP contribution in [0.1, 0.15) is 31.4 Å². The van der Waals surface area contributed by atoms with Crippen molar-refractivity contribution in [1.29, 1.82) is 5.26 Å². The number of hydrogen-bond donors (Lipinski definition) is 3. The molecule has 2 aliphatic rings. The number of aromatic nitrogens is 3. The quantitative estimate of drug-likeness (QED) is 0.764. The maximum atomic E-state index is 9.24. The number of nitrogens with zero attached hydrogens (tertiary/aromatic N) is 4. The molecule has 8 heteroatoms. The number of fused-ring (bicyclic) bond motifs is 1. The van der Waals surface area contributed by atoms with Crippen LogP contribution in [0.2, 0.25) is 0 Å². The lowest BCUT2D eigenvalue weighted by Crippen LogP contribution is -2.44. The van der Waals surface area contributed by atoms with Gasteiger partial charge in [0.1, 0.15) is 17.3 Å². The highest BCUT2D eigenvalue weighted by Crippen LogP contribution is 2.26. The second-order valence-electron chi connectivity index (χ2n) is 6.70. The summed E-state index contributed by atoms with van der Waals surface area (Å²) < 4.78 is 5.40. The molecule has 4 rings (SSSR count). The monoisotopic (exact) mass is 339 g/mol. The van der Waals surface area contributed by atoms with Crippen LogP contribution in [0.5, 0.6) is 0 Å². The van der Waals surface area contributed by atoms with Crippen molar-refractivity contribution in [1.82, 2.24) is 15.0 Å². The predicted molar refractivity (Wildman–Crippen MR) is 94.1 cm³/mol. The van der Waals surface area contributed by atoms with Crippen LogP contribution in [-0.2, 0) is 4.74 Å². The smallest absolute Gasteiger partial charge is 0.223 e. The van der Waals surface area contributed by atoms with E-state index < -0.39 is 0 Å². The highest BCUT2D eigenvalue weighted by Gasteiger charge is 2.26. The summed E-state index contributed by atoms with van der Waals surface area (Å²) in [5, 5.41) is 16.8. The summed E-state index contributed by atoms with van der Waals surface area (Å²) in [4.78, 5) is 13.4. The lowest BCUT2D eigenvalue weighted by molar-refractivity contribution is 0.0904. The average molecular weight is 339 g/mol. The number of rotatable bonds is 4. The van der Waals surface area contributed by atoms with E-state index in [1.807, 2.05) is 0 Å². The number of ether oxygens (including phenoxy) is 1. The summed E-state index contributed by atoms with van der Waals surface area (Å²) in [6, 6.07) is 4.69.